The van der Waals surface area contributed by atoms with Crippen molar-refractivity contribution in [2.45, 2.75) is 18.9 Å². The van der Waals surface area contributed by atoms with Gasteiger partial charge in [0.15, 0.2) is 9.84 Å². The van der Waals surface area contributed by atoms with E-state index in [0.717, 1.165) is 0 Å². The van der Waals surface area contributed by atoms with Crippen molar-refractivity contribution in [2.24, 2.45) is 0 Å². The SMILES string of the molecule is CN(C(=O)c1ccnc(NCCc2ccccc2F)n1)C1CCS(=O)(=O)C1. The van der Waals surface area contributed by atoms with E-state index in [1.54, 1.807) is 25.2 Å². The molecular weight excluding hydrogens is 371 g/mol. The lowest BCUT2D eigenvalue weighted by molar-refractivity contribution is 0.0741. The van der Waals surface area contributed by atoms with Gasteiger partial charge in [-0.2, -0.15) is 0 Å². The van der Waals surface area contributed by atoms with Crippen LogP contribution in [0.5, 0.6) is 0 Å². The molecule has 2 aromatic rings. The standard InChI is InChI=1S/C18H21FN4O3S/c1-23(14-8-11-27(25,26)12-14)17(24)16-7-10-21-18(22-16)20-9-6-13-4-2-3-5-15(13)19/h2-5,7,10,14H,6,8-9,11-12H2,1H3,(H,20,21,22). The van der Waals surface area contributed by atoms with Crippen molar-refractivity contribution in [1.29, 1.82) is 0 Å². The van der Waals surface area contributed by atoms with E-state index in [-0.39, 0.29) is 40.9 Å². The summed E-state index contributed by atoms with van der Waals surface area (Å²) in [5.41, 5.74) is 0.768. The van der Waals surface area contributed by atoms with E-state index in [2.05, 4.69) is 15.3 Å². The minimum Gasteiger partial charge on any atom is -0.354 e. The van der Waals surface area contributed by atoms with Crippen molar-refractivity contribution in [1.82, 2.24) is 14.9 Å². The minimum atomic E-state index is -3.08. The minimum absolute atomic E-state index is 0.0198. The maximum atomic E-state index is 13.6. The van der Waals surface area contributed by atoms with Gasteiger partial charge in [0.1, 0.15) is 11.5 Å². The maximum absolute atomic E-state index is 13.6. The summed E-state index contributed by atoms with van der Waals surface area (Å²) in [6, 6.07) is 7.68. The number of hydrogen-bond donors (Lipinski definition) is 1. The van der Waals surface area contributed by atoms with Gasteiger partial charge in [-0.3, -0.25) is 4.79 Å². The number of nitrogens with zero attached hydrogens (tertiary/aromatic N) is 3. The molecule has 2 heterocycles. The van der Waals surface area contributed by atoms with Crippen LogP contribution in [0, 0.1) is 5.82 Å². The van der Waals surface area contributed by atoms with E-state index in [1.807, 2.05) is 0 Å². The van der Waals surface area contributed by atoms with Gasteiger partial charge in [-0.05, 0) is 30.5 Å². The lowest BCUT2D eigenvalue weighted by atomic mass is 10.1. The Balaban J connectivity index is 1.61. The van der Waals surface area contributed by atoms with E-state index in [1.165, 1.54) is 23.2 Å². The highest BCUT2D eigenvalue weighted by Crippen LogP contribution is 2.18. The lowest BCUT2D eigenvalue weighted by Gasteiger charge is -2.23. The molecule has 1 amide bonds. The topological polar surface area (TPSA) is 92.3 Å². The molecule has 144 valence electrons. The van der Waals surface area contributed by atoms with Crippen molar-refractivity contribution in [3.63, 3.8) is 0 Å². The molecule has 0 spiro atoms. The highest BCUT2D eigenvalue weighted by molar-refractivity contribution is 7.91. The number of amides is 1. The first kappa shape index (κ1) is 19.2. The van der Waals surface area contributed by atoms with Crippen LogP contribution in [-0.2, 0) is 16.3 Å². The summed E-state index contributed by atoms with van der Waals surface area (Å²) in [7, 11) is -1.49. The zero-order chi connectivity index (χ0) is 19.4. The maximum Gasteiger partial charge on any atom is 0.272 e. The van der Waals surface area contributed by atoms with Crippen molar-refractivity contribution in [3.8, 4) is 0 Å². The highest BCUT2D eigenvalue weighted by atomic mass is 32.2. The Kier molecular flexibility index (Phi) is 5.69. The van der Waals surface area contributed by atoms with E-state index < -0.39 is 9.84 Å². The number of carbonyl (C=O) groups excluding carboxylic acids is 1. The third-order valence-electron chi connectivity index (χ3n) is 4.59. The van der Waals surface area contributed by atoms with Gasteiger partial charge in [0.2, 0.25) is 5.95 Å². The molecule has 1 aromatic carbocycles. The highest BCUT2D eigenvalue weighted by Gasteiger charge is 2.33. The second-order valence-electron chi connectivity index (χ2n) is 6.51. The molecule has 0 bridgehead atoms. The van der Waals surface area contributed by atoms with Crippen LogP contribution in [-0.4, -0.2) is 60.3 Å². The molecule has 0 radical (unpaired) electrons. The molecule has 1 atom stereocenters. The van der Waals surface area contributed by atoms with E-state index >= 15 is 0 Å². The third-order valence-corrected chi connectivity index (χ3v) is 6.34. The predicted molar refractivity (Wildman–Crippen MR) is 99.8 cm³/mol. The lowest BCUT2D eigenvalue weighted by Crippen LogP contribution is -2.38. The Morgan fingerprint density at radius 1 is 1.33 bits per heavy atom. The number of hydrogen-bond acceptors (Lipinski definition) is 6. The molecule has 0 saturated carbocycles. The quantitative estimate of drug-likeness (QED) is 0.802. The molecular formula is C18H21FN4O3S. The van der Waals surface area contributed by atoms with Gasteiger partial charge in [-0.1, -0.05) is 18.2 Å². The number of nitrogens with one attached hydrogen (secondary N) is 1. The zero-order valence-corrected chi connectivity index (χ0v) is 15.7. The molecule has 7 nitrogen and oxygen atoms in total. The number of sulfone groups is 1. The third kappa shape index (κ3) is 4.79. The second kappa shape index (κ2) is 7.99. The Morgan fingerprint density at radius 3 is 2.81 bits per heavy atom. The van der Waals surface area contributed by atoms with Gasteiger partial charge in [0.25, 0.3) is 5.91 Å². The fraction of sp³-hybridized carbons (Fsp3) is 0.389. The van der Waals surface area contributed by atoms with Gasteiger partial charge in [0, 0.05) is 25.8 Å². The normalized spacial score (nSPS) is 18.2. The van der Waals surface area contributed by atoms with Crippen molar-refractivity contribution >= 4 is 21.7 Å². The van der Waals surface area contributed by atoms with E-state index in [9.17, 15) is 17.6 Å². The van der Waals surface area contributed by atoms with Crippen LogP contribution in [0.2, 0.25) is 0 Å². The van der Waals surface area contributed by atoms with Crippen LogP contribution in [0.3, 0.4) is 0 Å². The van der Waals surface area contributed by atoms with Crippen LogP contribution in [0.4, 0.5) is 10.3 Å². The van der Waals surface area contributed by atoms with Gasteiger partial charge in [-0.15, -0.1) is 0 Å². The van der Waals surface area contributed by atoms with Crippen LogP contribution in [0.15, 0.2) is 36.5 Å². The first-order valence-electron chi connectivity index (χ1n) is 8.63. The predicted octanol–water partition coefficient (Wildman–Crippen LogP) is 1.53. The van der Waals surface area contributed by atoms with Crippen LogP contribution < -0.4 is 5.32 Å². The van der Waals surface area contributed by atoms with Crippen LogP contribution >= 0.6 is 0 Å². The summed E-state index contributed by atoms with van der Waals surface area (Å²) >= 11 is 0. The molecule has 9 heteroatoms. The summed E-state index contributed by atoms with van der Waals surface area (Å²) in [6.07, 6.45) is 2.35. The number of halogens is 1. The molecule has 1 unspecified atom stereocenters. The molecule has 1 N–H and O–H groups in total. The molecule has 1 aliphatic heterocycles. The zero-order valence-electron chi connectivity index (χ0n) is 14.9. The summed E-state index contributed by atoms with van der Waals surface area (Å²) in [6.45, 7) is 0.412. The Bertz CT molecular complexity index is 936. The average molecular weight is 392 g/mol. The fourth-order valence-electron chi connectivity index (χ4n) is 3.00. The van der Waals surface area contributed by atoms with Gasteiger partial charge in [-0.25, -0.2) is 22.8 Å². The van der Waals surface area contributed by atoms with Crippen molar-refractivity contribution in [2.75, 3.05) is 30.4 Å². The first-order chi connectivity index (χ1) is 12.9. The van der Waals surface area contributed by atoms with Gasteiger partial charge >= 0.3 is 0 Å². The fourth-order valence-corrected chi connectivity index (χ4v) is 4.77. The Labute approximate surface area is 157 Å². The number of benzene rings is 1. The number of rotatable bonds is 6. The number of aromatic nitrogens is 2. The summed E-state index contributed by atoms with van der Waals surface area (Å²) < 4.78 is 36.9. The number of anilines is 1. The average Bonchev–Trinajstić information content (AvgIpc) is 3.02. The molecule has 27 heavy (non-hydrogen) atoms. The second-order valence-corrected chi connectivity index (χ2v) is 8.74. The smallest absolute Gasteiger partial charge is 0.272 e. The summed E-state index contributed by atoms with van der Waals surface area (Å²) in [4.78, 5) is 22.3. The Morgan fingerprint density at radius 2 is 2.11 bits per heavy atom. The van der Waals surface area contributed by atoms with Crippen LogP contribution in [0.25, 0.3) is 0 Å². The molecule has 1 fully saturated rings. The van der Waals surface area contributed by atoms with Gasteiger partial charge < -0.3 is 10.2 Å². The molecule has 1 saturated heterocycles. The van der Waals surface area contributed by atoms with Crippen LogP contribution in [0.1, 0.15) is 22.5 Å². The van der Waals surface area contributed by atoms with Crippen molar-refractivity contribution < 1.29 is 17.6 Å². The number of carbonyl (C=O) groups is 1. The summed E-state index contributed by atoms with van der Waals surface area (Å²) in [5, 5.41) is 2.98. The summed E-state index contributed by atoms with van der Waals surface area (Å²) in [5.74, 6) is -0.269. The molecule has 1 aliphatic rings. The van der Waals surface area contributed by atoms with E-state index in [0.29, 0.717) is 24.9 Å². The van der Waals surface area contributed by atoms with Gasteiger partial charge in [0.05, 0.1) is 11.5 Å². The molecule has 1 aromatic heterocycles. The molecule has 0 aliphatic carbocycles. The first-order valence-corrected chi connectivity index (χ1v) is 10.5. The largest absolute Gasteiger partial charge is 0.354 e. The monoisotopic (exact) mass is 392 g/mol. The molecule has 3 rings (SSSR count). The van der Waals surface area contributed by atoms with E-state index in [4.69, 9.17) is 0 Å². The Hall–Kier alpha value is -2.55. The van der Waals surface area contributed by atoms with Crippen molar-refractivity contribution in [3.05, 3.63) is 53.6 Å².